The first-order chi connectivity index (χ1) is 14.0. The first kappa shape index (κ1) is 20.6. The summed E-state index contributed by atoms with van der Waals surface area (Å²) in [6.45, 7) is 0. The summed E-state index contributed by atoms with van der Waals surface area (Å²) in [7, 11) is -3.18. The van der Waals surface area contributed by atoms with Gasteiger partial charge in [0.15, 0.2) is 9.84 Å². The van der Waals surface area contributed by atoms with Crippen LogP contribution in [-0.2, 0) is 9.84 Å². The van der Waals surface area contributed by atoms with Gasteiger partial charge in [0.1, 0.15) is 5.82 Å². The minimum absolute atomic E-state index is 0.280. The Balaban J connectivity index is 1.55. The van der Waals surface area contributed by atoms with E-state index in [1.807, 2.05) is 18.3 Å². The Kier molecular flexibility index (Phi) is 6.40. The number of sulfone groups is 1. The highest BCUT2D eigenvalue weighted by molar-refractivity contribution is 7.90. The van der Waals surface area contributed by atoms with Crippen LogP contribution in [0, 0.1) is 5.92 Å². The number of rotatable bonds is 6. The number of aromatic nitrogens is 2. The van der Waals surface area contributed by atoms with E-state index in [4.69, 9.17) is 4.98 Å². The van der Waals surface area contributed by atoms with Crippen LogP contribution >= 0.6 is 0 Å². The van der Waals surface area contributed by atoms with Crippen molar-refractivity contribution in [1.29, 1.82) is 0 Å². The maximum Gasteiger partial charge on any atom is 0.175 e. The van der Waals surface area contributed by atoms with Gasteiger partial charge in [-0.2, -0.15) is 0 Å². The lowest BCUT2D eigenvalue weighted by atomic mass is 9.82. The molecule has 2 aliphatic rings. The molecule has 4 rings (SSSR count). The van der Waals surface area contributed by atoms with Gasteiger partial charge in [0, 0.05) is 24.1 Å². The molecule has 2 N–H and O–H groups in total. The molecule has 0 radical (unpaired) electrons. The van der Waals surface area contributed by atoms with Crippen molar-refractivity contribution in [2.75, 3.05) is 6.26 Å². The Labute approximate surface area is 174 Å². The maximum absolute atomic E-state index is 11.7. The van der Waals surface area contributed by atoms with Crippen LogP contribution in [0.25, 0.3) is 11.3 Å². The normalized spacial score (nSPS) is 20.6. The average molecular weight is 416 g/mol. The minimum Gasteiger partial charge on any atom is -0.347 e. The smallest absolute Gasteiger partial charge is 0.175 e. The minimum atomic E-state index is -3.18. The summed E-state index contributed by atoms with van der Waals surface area (Å²) in [5.41, 5.74) is 1.83. The van der Waals surface area contributed by atoms with E-state index in [9.17, 15) is 8.42 Å². The van der Waals surface area contributed by atoms with Gasteiger partial charge in [-0.05, 0) is 43.7 Å². The Hall–Kier alpha value is -1.66. The molecule has 158 valence electrons. The van der Waals surface area contributed by atoms with E-state index in [1.54, 1.807) is 12.1 Å². The van der Waals surface area contributed by atoms with Gasteiger partial charge in [-0.3, -0.25) is 0 Å². The third-order valence-electron chi connectivity index (χ3n) is 6.61. The molecule has 1 aromatic heterocycles. The maximum atomic E-state index is 11.7. The zero-order chi connectivity index (χ0) is 20.3. The summed E-state index contributed by atoms with van der Waals surface area (Å²) >= 11 is 0. The molecule has 0 saturated heterocycles. The summed E-state index contributed by atoms with van der Waals surface area (Å²) in [5.74, 6) is 1.67. The zero-order valence-electron chi connectivity index (χ0n) is 17.4. The molecule has 0 aliphatic heterocycles. The first-order valence-electron chi connectivity index (χ1n) is 11.1. The molecule has 2 saturated carbocycles. The monoisotopic (exact) mass is 415 g/mol. The van der Waals surface area contributed by atoms with Gasteiger partial charge in [-0.15, -0.1) is 0 Å². The van der Waals surface area contributed by atoms with E-state index in [-0.39, 0.29) is 6.04 Å². The lowest BCUT2D eigenvalue weighted by Gasteiger charge is -2.34. The predicted molar refractivity (Wildman–Crippen MR) is 116 cm³/mol. The van der Waals surface area contributed by atoms with Crippen molar-refractivity contribution in [1.82, 2.24) is 15.3 Å². The van der Waals surface area contributed by atoms with E-state index in [2.05, 4.69) is 10.3 Å². The van der Waals surface area contributed by atoms with Gasteiger partial charge in [0.25, 0.3) is 0 Å². The van der Waals surface area contributed by atoms with Crippen molar-refractivity contribution in [2.45, 2.75) is 81.2 Å². The summed E-state index contributed by atoms with van der Waals surface area (Å²) in [5, 5.41) is 3.96. The number of hydrogen-bond acceptors (Lipinski definition) is 4. The highest BCUT2D eigenvalue weighted by atomic mass is 32.2. The molecule has 1 atom stereocenters. The second-order valence-corrected chi connectivity index (χ2v) is 10.9. The number of benzene rings is 1. The lowest BCUT2D eigenvalue weighted by Crippen LogP contribution is -2.39. The molecule has 2 fully saturated rings. The van der Waals surface area contributed by atoms with Crippen molar-refractivity contribution in [3.05, 3.63) is 36.3 Å². The molecule has 1 heterocycles. The van der Waals surface area contributed by atoms with Crippen LogP contribution < -0.4 is 5.32 Å². The van der Waals surface area contributed by atoms with Crippen LogP contribution in [0.2, 0.25) is 0 Å². The number of nitrogens with one attached hydrogen (secondary N) is 2. The molecule has 0 amide bonds. The van der Waals surface area contributed by atoms with Crippen LogP contribution in [0.5, 0.6) is 0 Å². The summed E-state index contributed by atoms with van der Waals surface area (Å²) in [4.78, 5) is 8.73. The molecule has 0 spiro atoms. The second-order valence-electron chi connectivity index (χ2n) is 8.84. The Morgan fingerprint density at radius 2 is 1.59 bits per heavy atom. The number of imidazole rings is 1. The molecule has 2 aliphatic carbocycles. The molecule has 0 unspecified atom stereocenters. The van der Waals surface area contributed by atoms with Crippen molar-refractivity contribution in [2.24, 2.45) is 5.92 Å². The van der Waals surface area contributed by atoms with Gasteiger partial charge in [-0.1, -0.05) is 50.7 Å². The molecule has 1 aromatic carbocycles. The average Bonchev–Trinajstić information content (AvgIpc) is 3.23. The highest BCUT2D eigenvalue weighted by Crippen LogP contribution is 2.35. The number of hydrogen-bond donors (Lipinski definition) is 2. The van der Waals surface area contributed by atoms with E-state index in [0.717, 1.165) is 17.1 Å². The Morgan fingerprint density at radius 3 is 2.21 bits per heavy atom. The Bertz CT molecular complexity index is 892. The summed E-state index contributed by atoms with van der Waals surface area (Å²) in [6.07, 6.45) is 16.3. The van der Waals surface area contributed by atoms with Crippen molar-refractivity contribution >= 4 is 9.84 Å². The first-order valence-corrected chi connectivity index (χ1v) is 13.0. The van der Waals surface area contributed by atoms with Gasteiger partial charge in [-0.25, -0.2) is 13.4 Å². The van der Waals surface area contributed by atoms with Gasteiger partial charge in [0.2, 0.25) is 0 Å². The van der Waals surface area contributed by atoms with Gasteiger partial charge in [0.05, 0.1) is 16.6 Å². The number of H-pyrrole nitrogens is 1. The highest BCUT2D eigenvalue weighted by Gasteiger charge is 2.30. The molecular formula is C23H33N3O2S. The molecule has 6 heteroatoms. The SMILES string of the molecule is CS(=O)(=O)c1ccc(-c2c[nH]c([C@@H](NC3CCCCC3)C3CCCCC3)n2)cc1. The topological polar surface area (TPSA) is 74.8 Å². The molecule has 5 nitrogen and oxygen atoms in total. The third-order valence-corrected chi connectivity index (χ3v) is 7.74. The van der Waals surface area contributed by atoms with E-state index < -0.39 is 9.84 Å². The van der Waals surface area contributed by atoms with Crippen molar-refractivity contribution in [3.8, 4) is 11.3 Å². The fraction of sp³-hybridized carbons (Fsp3) is 0.609. The summed E-state index contributed by atoms with van der Waals surface area (Å²) < 4.78 is 23.4. The molecule has 2 aromatic rings. The van der Waals surface area contributed by atoms with Crippen LogP contribution in [-0.4, -0.2) is 30.7 Å². The fourth-order valence-corrected chi connectivity index (χ4v) is 5.58. The largest absolute Gasteiger partial charge is 0.347 e. The van der Waals surface area contributed by atoms with Crippen LogP contribution in [0.4, 0.5) is 0 Å². The van der Waals surface area contributed by atoms with E-state index in [1.165, 1.54) is 70.5 Å². The standard InChI is InChI=1S/C23H33N3O2S/c1-29(27,28)20-14-12-17(13-15-20)21-16-24-23(26-21)22(18-8-4-2-5-9-18)25-19-10-6-3-7-11-19/h12-16,18-19,22,25H,2-11H2,1H3,(H,24,26)/t22-/m0/s1. The van der Waals surface area contributed by atoms with E-state index >= 15 is 0 Å². The van der Waals surface area contributed by atoms with Gasteiger partial charge < -0.3 is 10.3 Å². The predicted octanol–water partition coefficient (Wildman–Crippen LogP) is 5.02. The van der Waals surface area contributed by atoms with Crippen molar-refractivity contribution < 1.29 is 8.42 Å². The third kappa shape index (κ3) is 5.10. The van der Waals surface area contributed by atoms with E-state index in [0.29, 0.717) is 16.9 Å². The van der Waals surface area contributed by atoms with Crippen molar-refractivity contribution in [3.63, 3.8) is 0 Å². The fourth-order valence-electron chi connectivity index (χ4n) is 4.95. The molecular weight excluding hydrogens is 382 g/mol. The molecule has 0 bridgehead atoms. The quantitative estimate of drug-likeness (QED) is 0.694. The number of aromatic amines is 1. The second kappa shape index (κ2) is 9.00. The number of nitrogens with zero attached hydrogens (tertiary/aromatic N) is 1. The van der Waals surface area contributed by atoms with Crippen LogP contribution in [0.15, 0.2) is 35.4 Å². The molecule has 29 heavy (non-hydrogen) atoms. The Morgan fingerprint density at radius 1 is 0.966 bits per heavy atom. The lowest BCUT2D eigenvalue weighted by molar-refractivity contribution is 0.227. The summed E-state index contributed by atoms with van der Waals surface area (Å²) in [6, 6.07) is 7.90. The van der Waals surface area contributed by atoms with Crippen LogP contribution in [0.1, 0.15) is 76.1 Å². The zero-order valence-corrected chi connectivity index (χ0v) is 18.2. The van der Waals surface area contributed by atoms with Crippen LogP contribution in [0.3, 0.4) is 0 Å². The van der Waals surface area contributed by atoms with Gasteiger partial charge >= 0.3 is 0 Å².